The fourth-order valence-electron chi connectivity index (χ4n) is 3.07. The van der Waals surface area contributed by atoms with E-state index >= 15 is 0 Å². The van der Waals surface area contributed by atoms with Crippen LogP contribution in [0.4, 0.5) is 0 Å². The molecule has 0 saturated heterocycles. The summed E-state index contributed by atoms with van der Waals surface area (Å²) in [5, 5.41) is 4.29. The van der Waals surface area contributed by atoms with Crippen molar-refractivity contribution in [2.45, 2.75) is 46.0 Å². The monoisotopic (exact) mass is 316 g/mol. The predicted molar refractivity (Wildman–Crippen MR) is 94.9 cm³/mol. The Morgan fingerprint density at radius 3 is 2.65 bits per heavy atom. The zero-order valence-electron chi connectivity index (χ0n) is 14.4. The second-order valence-electron chi connectivity index (χ2n) is 6.04. The van der Waals surface area contributed by atoms with E-state index in [1.54, 1.807) is 7.11 Å². The van der Waals surface area contributed by atoms with Crippen LogP contribution in [0, 0.1) is 5.92 Å². The Balaban J connectivity index is 1.92. The molecular weight excluding hydrogens is 288 g/mol. The summed E-state index contributed by atoms with van der Waals surface area (Å²) in [6.45, 7) is 4.95. The van der Waals surface area contributed by atoms with Crippen molar-refractivity contribution in [2.24, 2.45) is 5.92 Å². The minimum absolute atomic E-state index is 0.164. The normalized spacial score (nSPS) is 11.1. The van der Waals surface area contributed by atoms with E-state index in [0.29, 0.717) is 6.54 Å². The molecule has 1 aromatic heterocycles. The fraction of sp³-hybridized carbons (Fsp3) is 0.526. The van der Waals surface area contributed by atoms with Crippen LogP contribution < -0.4 is 10.1 Å². The Kier molecular flexibility index (Phi) is 6.51. The van der Waals surface area contributed by atoms with Gasteiger partial charge in [-0.05, 0) is 37.0 Å². The highest BCUT2D eigenvalue weighted by molar-refractivity contribution is 5.84. The standard InChI is InChI=1S/C19H28N2O2/c1-4-6-14(7-5-2)19(22)20-11-10-15-13-21-18-12-16(23-3)8-9-17(15)18/h8-9,12-14,21H,4-7,10-11H2,1-3H3,(H,20,22). The summed E-state index contributed by atoms with van der Waals surface area (Å²) in [6.07, 6.45) is 6.93. The van der Waals surface area contributed by atoms with E-state index in [4.69, 9.17) is 4.74 Å². The first kappa shape index (κ1) is 17.4. The molecule has 0 bridgehead atoms. The first-order valence-corrected chi connectivity index (χ1v) is 8.61. The largest absolute Gasteiger partial charge is 0.497 e. The van der Waals surface area contributed by atoms with Crippen molar-refractivity contribution in [3.05, 3.63) is 30.0 Å². The van der Waals surface area contributed by atoms with Crippen molar-refractivity contribution < 1.29 is 9.53 Å². The molecule has 0 radical (unpaired) electrons. The zero-order valence-corrected chi connectivity index (χ0v) is 14.4. The summed E-state index contributed by atoms with van der Waals surface area (Å²) in [7, 11) is 1.67. The zero-order chi connectivity index (χ0) is 16.7. The third kappa shape index (κ3) is 4.50. The third-order valence-electron chi connectivity index (χ3n) is 4.31. The minimum Gasteiger partial charge on any atom is -0.497 e. The maximum absolute atomic E-state index is 12.3. The molecule has 0 unspecified atom stereocenters. The molecule has 0 aliphatic carbocycles. The van der Waals surface area contributed by atoms with E-state index in [1.807, 2.05) is 18.3 Å². The first-order chi connectivity index (χ1) is 11.2. The summed E-state index contributed by atoms with van der Waals surface area (Å²) in [4.78, 5) is 15.5. The second kappa shape index (κ2) is 8.61. The van der Waals surface area contributed by atoms with Crippen molar-refractivity contribution in [3.8, 4) is 5.75 Å². The van der Waals surface area contributed by atoms with Crippen molar-refractivity contribution in [3.63, 3.8) is 0 Å². The lowest BCUT2D eigenvalue weighted by Crippen LogP contribution is -2.32. The molecule has 4 heteroatoms. The van der Waals surface area contributed by atoms with E-state index in [1.165, 1.54) is 10.9 Å². The van der Waals surface area contributed by atoms with Crippen LogP contribution in [0.15, 0.2) is 24.4 Å². The molecular formula is C19H28N2O2. The predicted octanol–water partition coefficient (Wildman–Crippen LogP) is 4.05. The number of H-pyrrole nitrogens is 1. The van der Waals surface area contributed by atoms with Gasteiger partial charge in [0.2, 0.25) is 5.91 Å². The van der Waals surface area contributed by atoms with Crippen LogP contribution in [-0.2, 0) is 11.2 Å². The molecule has 0 atom stereocenters. The minimum atomic E-state index is 0.164. The number of carbonyl (C=O) groups is 1. The van der Waals surface area contributed by atoms with Crippen LogP contribution in [0.3, 0.4) is 0 Å². The number of benzene rings is 1. The van der Waals surface area contributed by atoms with Gasteiger partial charge >= 0.3 is 0 Å². The molecule has 0 saturated carbocycles. The van der Waals surface area contributed by atoms with Gasteiger partial charge in [-0.3, -0.25) is 4.79 Å². The number of fused-ring (bicyclic) bond motifs is 1. The highest BCUT2D eigenvalue weighted by Gasteiger charge is 2.16. The van der Waals surface area contributed by atoms with Crippen LogP contribution in [0.25, 0.3) is 10.9 Å². The number of hydrogen-bond acceptors (Lipinski definition) is 2. The number of carbonyl (C=O) groups excluding carboxylic acids is 1. The molecule has 0 spiro atoms. The number of aromatic amines is 1. The van der Waals surface area contributed by atoms with Gasteiger partial charge in [-0.25, -0.2) is 0 Å². The summed E-state index contributed by atoms with van der Waals surface area (Å²) in [6, 6.07) is 6.03. The summed E-state index contributed by atoms with van der Waals surface area (Å²) in [5.41, 5.74) is 2.30. The number of hydrogen-bond donors (Lipinski definition) is 2. The number of aromatic nitrogens is 1. The molecule has 1 amide bonds. The number of rotatable bonds is 9. The van der Waals surface area contributed by atoms with Crippen LogP contribution in [0.2, 0.25) is 0 Å². The van der Waals surface area contributed by atoms with Crippen molar-refractivity contribution in [1.82, 2.24) is 10.3 Å². The van der Waals surface area contributed by atoms with Crippen LogP contribution in [0.5, 0.6) is 5.75 Å². The van der Waals surface area contributed by atoms with Crippen LogP contribution in [-0.4, -0.2) is 24.5 Å². The Morgan fingerprint density at radius 2 is 2.00 bits per heavy atom. The fourth-order valence-corrected chi connectivity index (χ4v) is 3.07. The summed E-state index contributed by atoms with van der Waals surface area (Å²) in [5.74, 6) is 1.22. The molecule has 2 aromatic rings. The molecule has 0 aliphatic heterocycles. The molecule has 1 aromatic carbocycles. The van der Waals surface area contributed by atoms with Gasteiger partial charge in [-0.2, -0.15) is 0 Å². The van der Waals surface area contributed by atoms with Gasteiger partial charge in [0.05, 0.1) is 7.11 Å². The topological polar surface area (TPSA) is 54.1 Å². The van der Waals surface area contributed by atoms with Crippen molar-refractivity contribution in [2.75, 3.05) is 13.7 Å². The van der Waals surface area contributed by atoms with E-state index in [0.717, 1.165) is 43.4 Å². The summed E-state index contributed by atoms with van der Waals surface area (Å²) < 4.78 is 5.24. The van der Waals surface area contributed by atoms with E-state index in [2.05, 4.69) is 30.2 Å². The molecule has 1 heterocycles. The quantitative estimate of drug-likeness (QED) is 0.733. The molecule has 126 valence electrons. The average Bonchev–Trinajstić information content (AvgIpc) is 2.96. The van der Waals surface area contributed by atoms with E-state index in [-0.39, 0.29) is 11.8 Å². The van der Waals surface area contributed by atoms with E-state index < -0.39 is 0 Å². The molecule has 23 heavy (non-hydrogen) atoms. The van der Waals surface area contributed by atoms with Gasteiger partial charge in [0.25, 0.3) is 0 Å². The average molecular weight is 316 g/mol. The Hall–Kier alpha value is -1.97. The van der Waals surface area contributed by atoms with Crippen molar-refractivity contribution >= 4 is 16.8 Å². The second-order valence-corrected chi connectivity index (χ2v) is 6.04. The number of methoxy groups -OCH3 is 1. The Bertz CT molecular complexity index is 627. The van der Waals surface area contributed by atoms with Gasteiger partial charge in [-0.1, -0.05) is 26.7 Å². The smallest absolute Gasteiger partial charge is 0.223 e. The highest BCUT2D eigenvalue weighted by atomic mass is 16.5. The van der Waals surface area contributed by atoms with Gasteiger partial charge in [0.1, 0.15) is 5.75 Å². The maximum Gasteiger partial charge on any atom is 0.223 e. The summed E-state index contributed by atoms with van der Waals surface area (Å²) >= 11 is 0. The lowest BCUT2D eigenvalue weighted by Gasteiger charge is -2.15. The number of nitrogens with one attached hydrogen (secondary N) is 2. The molecule has 4 nitrogen and oxygen atoms in total. The number of ether oxygens (including phenoxy) is 1. The highest BCUT2D eigenvalue weighted by Crippen LogP contribution is 2.23. The van der Waals surface area contributed by atoms with Gasteiger partial charge < -0.3 is 15.0 Å². The first-order valence-electron chi connectivity index (χ1n) is 8.61. The van der Waals surface area contributed by atoms with Crippen molar-refractivity contribution in [1.29, 1.82) is 0 Å². The Labute approximate surface area is 138 Å². The molecule has 0 aliphatic rings. The van der Waals surface area contributed by atoms with Gasteiger partial charge in [0.15, 0.2) is 0 Å². The molecule has 0 fully saturated rings. The Morgan fingerprint density at radius 1 is 1.26 bits per heavy atom. The molecule has 2 N–H and O–H groups in total. The SMILES string of the molecule is CCCC(CCC)C(=O)NCCc1c[nH]c2cc(OC)ccc12. The number of amides is 1. The van der Waals surface area contributed by atoms with E-state index in [9.17, 15) is 4.79 Å². The molecule has 2 rings (SSSR count). The lowest BCUT2D eigenvalue weighted by atomic mass is 9.97. The van der Waals surface area contributed by atoms with Crippen LogP contribution >= 0.6 is 0 Å². The van der Waals surface area contributed by atoms with Crippen LogP contribution in [0.1, 0.15) is 45.1 Å². The lowest BCUT2D eigenvalue weighted by molar-refractivity contribution is -0.125. The third-order valence-corrected chi connectivity index (χ3v) is 4.31. The van der Waals surface area contributed by atoms with Gasteiger partial charge in [-0.15, -0.1) is 0 Å². The maximum atomic E-state index is 12.3. The van der Waals surface area contributed by atoms with Gasteiger partial charge in [0, 0.05) is 35.6 Å².